The van der Waals surface area contributed by atoms with Crippen LogP contribution in [0.3, 0.4) is 0 Å². The lowest BCUT2D eigenvalue weighted by Gasteiger charge is -2.12. The van der Waals surface area contributed by atoms with Gasteiger partial charge in [0.25, 0.3) is 0 Å². The molecule has 2 nitrogen and oxygen atoms in total. The molecule has 20 heavy (non-hydrogen) atoms. The van der Waals surface area contributed by atoms with Gasteiger partial charge in [-0.1, -0.05) is 35.3 Å². The van der Waals surface area contributed by atoms with Crippen molar-refractivity contribution in [2.45, 2.75) is 13.8 Å². The first kappa shape index (κ1) is 15.0. The predicted molar refractivity (Wildman–Crippen MR) is 86.4 cm³/mol. The van der Waals surface area contributed by atoms with Crippen LogP contribution >= 0.6 is 23.2 Å². The summed E-state index contributed by atoms with van der Waals surface area (Å²) in [5, 5.41) is 4.50. The summed E-state index contributed by atoms with van der Waals surface area (Å²) < 4.78 is 5.63. The molecule has 0 bridgehead atoms. The minimum absolute atomic E-state index is 0.532. The van der Waals surface area contributed by atoms with Crippen LogP contribution in [-0.4, -0.2) is 13.2 Å². The van der Waals surface area contributed by atoms with E-state index in [4.69, 9.17) is 27.9 Å². The van der Waals surface area contributed by atoms with Crippen LogP contribution in [0.5, 0.6) is 5.75 Å². The molecule has 106 valence electrons. The van der Waals surface area contributed by atoms with Crippen LogP contribution in [0.2, 0.25) is 10.0 Å². The molecule has 0 saturated heterocycles. The lowest BCUT2D eigenvalue weighted by molar-refractivity contribution is 0.333. The second-order valence-electron chi connectivity index (χ2n) is 4.67. The summed E-state index contributed by atoms with van der Waals surface area (Å²) in [7, 11) is 0. The Balaban J connectivity index is 1.86. The van der Waals surface area contributed by atoms with Crippen molar-refractivity contribution in [3.63, 3.8) is 0 Å². The third-order valence-corrected chi connectivity index (χ3v) is 3.49. The molecule has 1 N–H and O–H groups in total. The van der Waals surface area contributed by atoms with Gasteiger partial charge < -0.3 is 10.1 Å². The summed E-state index contributed by atoms with van der Waals surface area (Å²) in [5.41, 5.74) is 3.59. The van der Waals surface area contributed by atoms with Gasteiger partial charge in [-0.3, -0.25) is 0 Å². The van der Waals surface area contributed by atoms with Crippen molar-refractivity contribution in [1.29, 1.82) is 0 Å². The van der Waals surface area contributed by atoms with Gasteiger partial charge in [-0.25, -0.2) is 0 Å². The van der Waals surface area contributed by atoms with E-state index in [1.165, 1.54) is 11.1 Å². The van der Waals surface area contributed by atoms with Crippen LogP contribution in [0.25, 0.3) is 0 Å². The zero-order valence-electron chi connectivity index (χ0n) is 11.5. The highest BCUT2D eigenvalue weighted by Crippen LogP contribution is 2.27. The predicted octanol–water partition coefficient (Wildman–Crippen LogP) is 5.10. The molecule has 0 aliphatic carbocycles. The average Bonchev–Trinajstić information content (AvgIpc) is 2.40. The number of anilines is 1. The smallest absolute Gasteiger partial charge is 0.138 e. The third kappa shape index (κ3) is 4.06. The molecule has 0 aliphatic rings. The quantitative estimate of drug-likeness (QED) is 0.776. The maximum Gasteiger partial charge on any atom is 0.138 e. The van der Waals surface area contributed by atoms with Gasteiger partial charge in [-0.15, -0.1) is 0 Å². The molecule has 0 unspecified atom stereocenters. The van der Waals surface area contributed by atoms with Crippen molar-refractivity contribution in [3.8, 4) is 5.75 Å². The van der Waals surface area contributed by atoms with Crippen LogP contribution in [0.4, 0.5) is 5.69 Å². The standard InChI is InChI=1S/C16H17Cl2NO/c1-11-3-4-12(2)15(9-11)19-7-8-20-16-6-5-13(17)10-14(16)18/h3-6,9-10,19H,7-8H2,1-2H3. The molecule has 0 amide bonds. The average molecular weight is 310 g/mol. The summed E-state index contributed by atoms with van der Waals surface area (Å²) in [6.07, 6.45) is 0. The molecule has 4 heteroatoms. The van der Waals surface area contributed by atoms with Gasteiger partial charge in [-0.2, -0.15) is 0 Å². The van der Waals surface area contributed by atoms with Crippen LogP contribution in [0.1, 0.15) is 11.1 Å². The second kappa shape index (κ2) is 6.87. The van der Waals surface area contributed by atoms with Crippen LogP contribution < -0.4 is 10.1 Å². The van der Waals surface area contributed by atoms with Crippen molar-refractivity contribution >= 4 is 28.9 Å². The normalized spacial score (nSPS) is 10.4. The Hall–Kier alpha value is -1.38. The van der Waals surface area contributed by atoms with E-state index in [9.17, 15) is 0 Å². The zero-order valence-corrected chi connectivity index (χ0v) is 13.1. The largest absolute Gasteiger partial charge is 0.490 e. The van der Waals surface area contributed by atoms with Crippen molar-refractivity contribution in [2.24, 2.45) is 0 Å². The summed E-state index contributed by atoms with van der Waals surface area (Å²) in [6, 6.07) is 11.6. The maximum atomic E-state index is 6.04. The molecular weight excluding hydrogens is 293 g/mol. The Labute approximate surface area is 129 Å². The van der Waals surface area contributed by atoms with Gasteiger partial charge in [0.2, 0.25) is 0 Å². The topological polar surface area (TPSA) is 21.3 Å². The molecule has 0 atom stereocenters. The fourth-order valence-electron chi connectivity index (χ4n) is 1.87. The summed E-state index contributed by atoms with van der Waals surface area (Å²) >= 11 is 11.9. The van der Waals surface area contributed by atoms with E-state index in [1.54, 1.807) is 18.2 Å². The van der Waals surface area contributed by atoms with Crippen LogP contribution in [-0.2, 0) is 0 Å². The minimum atomic E-state index is 0.532. The highest BCUT2D eigenvalue weighted by Gasteiger charge is 2.02. The fourth-order valence-corrected chi connectivity index (χ4v) is 2.33. The number of ether oxygens (including phenoxy) is 1. The Bertz CT molecular complexity index is 599. The molecule has 0 aliphatic heterocycles. The third-order valence-electron chi connectivity index (χ3n) is 2.96. The number of nitrogens with one attached hydrogen (secondary N) is 1. The Morgan fingerprint density at radius 1 is 1.05 bits per heavy atom. The highest BCUT2D eigenvalue weighted by atomic mass is 35.5. The summed E-state index contributed by atoms with van der Waals surface area (Å²) in [6.45, 7) is 5.41. The first-order chi connectivity index (χ1) is 9.56. The van der Waals surface area contributed by atoms with Crippen molar-refractivity contribution in [3.05, 3.63) is 57.6 Å². The summed E-state index contributed by atoms with van der Waals surface area (Å²) in [4.78, 5) is 0. The van der Waals surface area contributed by atoms with E-state index in [-0.39, 0.29) is 0 Å². The summed E-state index contributed by atoms with van der Waals surface area (Å²) in [5.74, 6) is 0.652. The van der Waals surface area contributed by atoms with Gasteiger partial charge in [0.15, 0.2) is 0 Å². The van der Waals surface area contributed by atoms with Gasteiger partial charge >= 0.3 is 0 Å². The Morgan fingerprint density at radius 2 is 1.85 bits per heavy atom. The van der Waals surface area contributed by atoms with E-state index in [1.807, 2.05) is 0 Å². The fraction of sp³-hybridized carbons (Fsp3) is 0.250. The van der Waals surface area contributed by atoms with E-state index in [0.717, 1.165) is 5.69 Å². The number of hydrogen-bond donors (Lipinski definition) is 1. The molecule has 0 saturated carbocycles. The zero-order chi connectivity index (χ0) is 14.5. The SMILES string of the molecule is Cc1ccc(C)c(NCCOc2ccc(Cl)cc2Cl)c1. The van der Waals surface area contributed by atoms with E-state index >= 15 is 0 Å². The Morgan fingerprint density at radius 3 is 2.60 bits per heavy atom. The number of rotatable bonds is 5. The lowest BCUT2D eigenvalue weighted by atomic mass is 10.1. The molecule has 0 spiro atoms. The molecule has 0 radical (unpaired) electrons. The Kier molecular flexibility index (Phi) is 5.16. The number of benzene rings is 2. The molecule has 2 rings (SSSR count). The molecule has 0 heterocycles. The minimum Gasteiger partial charge on any atom is -0.490 e. The molecule has 0 fully saturated rings. The molecule has 2 aromatic carbocycles. The lowest BCUT2D eigenvalue weighted by Crippen LogP contribution is -2.12. The monoisotopic (exact) mass is 309 g/mol. The van der Waals surface area contributed by atoms with E-state index in [2.05, 4.69) is 37.4 Å². The molecule has 0 aromatic heterocycles. The van der Waals surface area contributed by atoms with Crippen LogP contribution in [0.15, 0.2) is 36.4 Å². The van der Waals surface area contributed by atoms with Crippen molar-refractivity contribution in [1.82, 2.24) is 0 Å². The highest BCUT2D eigenvalue weighted by molar-refractivity contribution is 6.35. The first-order valence-corrected chi connectivity index (χ1v) is 7.21. The number of hydrogen-bond acceptors (Lipinski definition) is 2. The van der Waals surface area contributed by atoms with Gasteiger partial charge in [0.05, 0.1) is 5.02 Å². The van der Waals surface area contributed by atoms with Gasteiger partial charge in [0, 0.05) is 17.3 Å². The van der Waals surface area contributed by atoms with E-state index in [0.29, 0.717) is 28.9 Å². The van der Waals surface area contributed by atoms with Crippen molar-refractivity contribution < 1.29 is 4.74 Å². The number of halogens is 2. The van der Waals surface area contributed by atoms with Gasteiger partial charge in [-0.05, 0) is 49.2 Å². The molecular formula is C16H17Cl2NO. The first-order valence-electron chi connectivity index (χ1n) is 6.45. The van der Waals surface area contributed by atoms with E-state index < -0.39 is 0 Å². The maximum absolute atomic E-state index is 6.04. The van der Waals surface area contributed by atoms with Crippen molar-refractivity contribution in [2.75, 3.05) is 18.5 Å². The molecule has 2 aromatic rings. The van der Waals surface area contributed by atoms with Gasteiger partial charge in [0.1, 0.15) is 12.4 Å². The second-order valence-corrected chi connectivity index (χ2v) is 5.51. The number of aryl methyl sites for hydroxylation is 2. The van der Waals surface area contributed by atoms with Crippen LogP contribution in [0, 0.1) is 13.8 Å².